The molecule has 1 N–H and O–H groups in total. The Morgan fingerprint density at radius 2 is 2.00 bits per heavy atom. The molecule has 25 heavy (non-hydrogen) atoms. The number of rotatable bonds is 2. The first kappa shape index (κ1) is 16.0. The van der Waals surface area contributed by atoms with Gasteiger partial charge in [0, 0.05) is 29.4 Å². The van der Waals surface area contributed by atoms with Crippen molar-refractivity contribution in [1.29, 1.82) is 0 Å². The average molecular weight is 357 g/mol. The number of anilines is 1. The van der Waals surface area contributed by atoms with Gasteiger partial charge in [-0.05, 0) is 54.4 Å². The second-order valence-corrected chi connectivity index (χ2v) is 6.87. The maximum Gasteiger partial charge on any atom is 0.253 e. The first-order chi connectivity index (χ1) is 12.0. The second kappa shape index (κ2) is 5.77. The summed E-state index contributed by atoms with van der Waals surface area (Å²) in [6.07, 6.45) is 0.596. The summed E-state index contributed by atoms with van der Waals surface area (Å²) in [5.74, 6) is 0.567. The smallest absolute Gasteiger partial charge is 0.253 e. The van der Waals surface area contributed by atoms with E-state index in [1.807, 2.05) is 18.2 Å². The Hall–Kier alpha value is -2.53. The third-order valence-electron chi connectivity index (χ3n) is 5.07. The van der Waals surface area contributed by atoms with Crippen molar-refractivity contribution in [3.05, 3.63) is 58.6 Å². The van der Waals surface area contributed by atoms with E-state index in [0.717, 1.165) is 11.3 Å². The number of amides is 2. The monoisotopic (exact) mass is 356 g/mol. The van der Waals surface area contributed by atoms with Crippen molar-refractivity contribution in [2.24, 2.45) is 0 Å². The van der Waals surface area contributed by atoms with Gasteiger partial charge in [0.05, 0.1) is 12.5 Å². The van der Waals surface area contributed by atoms with Crippen LogP contribution in [0.1, 0.15) is 22.3 Å². The molecule has 1 atom stereocenters. The maximum atomic E-state index is 12.8. The summed E-state index contributed by atoms with van der Waals surface area (Å²) in [5.41, 5.74) is 1.58. The van der Waals surface area contributed by atoms with Crippen LogP contribution >= 0.6 is 11.6 Å². The molecule has 6 heteroatoms. The minimum Gasteiger partial charge on any atom is -0.497 e. The molecule has 0 aliphatic carbocycles. The van der Waals surface area contributed by atoms with Crippen LogP contribution in [0.5, 0.6) is 5.75 Å². The maximum absolute atomic E-state index is 12.8. The van der Waals surface area contributed by atoms with Crippen LogP contribution in [0.4, 0.5) is 5.69 Å². The van der Waals surface area contributed by atoms with E-state index in [1.165, 1.54) is 0 Å². The van der Waals surface area contributed by atoms with Crippen molar-refractivity contribution in [2.75, 3.05) is 25.5 Å². The zero-order valence-corrected chi connectivity index (χ0v) is 14.5. The molecular weight excluding hydrogens is 340 g/mol. The second-order valence-electron chi connectivity index (χ2n) is 6.43. The lowest BCUT2D eigenvalue weighted by atomic mass is 9.81. The molecule has 5 nitrogen and oxygen atoms in total. The molecule has 128 valence electrons. The van der Waals surface area contributed by atoms with Crippen LogP contribution in [0, 0.1) is 0 Å². The van der Waals surface area contributed by atoms with Gasteiger partial charge in [0.15, 0.2) is 0 Å². The van der Waals surface area contributed by atoms with E-state index in [2.05, 4.69) is 5.32 Å². The highest BCUT2D eigenvalue weighted by molar-refractivity contribution is 6.30. The zero-order chi connectivity index (χ0) is 17.6. The number of hydrogen-bond acceptors (Lipinski definition) is 3. The summed E-state index contributed by atoms with van der Waals surface area (Å²) in [5, 5.41) is 3.53. The van der Waals surface area contributed by atoms with E-state index in [0.29, 0.717) is 35.8 Å². The Bertz CT molecular complexity index is 865. The Labute approximate surface area is 150 Å². The van der Waals surface area contributed by atoms with Crippen molar-refractivity contribution in [3.63, 3.8) is 0 Å². The molecule has 0 bridgehead atoms. The van der Waals surface area contributed by atoms with Crippen LogP contribution in [-0.4, -0.2) is 36.9 Å². The fourth-order valence-corrected chi connectivity index (χ4v) is 3.81. The van der Waals surface area contributed by atoms with E-state index in [-0.39, 0.29) is 11.8 Å². The number of nitrogens with zero attached hydrogens (tertiary/aromatic N) is 1. The standard InChI is InChI=1S/C19H17ClN2O3/c1-25-14-6-7-16-15(10-14)19(18(24)21-16)8-9-22(11-19)17(23)12-2-4-13(20)5-3-12/h2-7,10H,8-9,11H2,1H3,(H,21,24)/t19-/m1/s1. The molecule has 2 aromatic carbocycles. The molecule has 1 saturated heterocycles. The number of methoxy groups -OCH3 is 1. The third kappa shape index (κ3) is 2.46. The topological polar surface area (TPSA) is 58.6 Å². The predicted octanol–water partition coefficient (Wildman–Crippen LogP) is 3.08. The van der Waals surface area contributed by atoms with Crippen LogP contribution in [0.3, 0.4) is 0 Å². The molecule has 2 aliphatic rings. The lowest BCUT2D eigenvalue weighted by Gasteiger charge is -2.23. The fourth-order valence-electron chi connectivity index (χ4n) is 3.68. The number of ether oxygens (including phenoxy) is 1. The van der Waals surface area contributed by atoms with E-state index in [4.69, 9.17) is 16.3 Å². The fraction of sp³-hybridized carbons (Fsp3) is 0.263. The summed E-state index contributed by atoms with van der Waals surface area (Å²) >= 11 is 5.89. The molecule has 2 heterocycles. The zero-order valence-electron chi connectivity index (χ0n) is 13.7. The lowest BCUT2D eigenvalue weighted by molar-refractivity contribution is -0.120. The van der Waals surface area contributed by atoms with Crippen molar-refractivity contribution >= 4 is 29.1 Å². The van der Waals surface area contributed by atoms with Crippen LogP contribution in [0.25, 0.3) is 0 Å². The Morgan fingerprint density at radius 1 is 1.24 bits per heavy atom. The van der Waals surface area contributed by atoms with Gasteiger partial charge in [-0.25, -0.2) is 0 Å². The van der Waals surface area contributed by atoms with Gasteiger partial charge >= 0.3 is 0 Å². The van der Waals surface area contributed by atoms with Gasteiger partial charge in [-0.15, -0.1) is 0 Å². The van der Waals surface area contributed by atoms with Gasteiger partial charge in [-0.1, -0.05) is 11.6 Å². The van der Waals surface area contributed by atoms with E-state index in [9.17, 15) is 9.59 Å². The first-order valence-corrected chi connectivity index (χ1v) is 8.46. The van der Waals surface area contributed by atoms with Crippen molar-refractivity contribution in [3.8, 4) is 5.75 Å². The molecule has 2 aliphatic heterocycles. The molecule has 0 unspecified atom stereocenters. The number of likely N-dealkylation sites (tertiary alicyclic amines) is 1. The largest absolute Gasteiger partial charge is 0.497 e. The van der Waals surface area contributed by atoms with E-state index in [1.54, 1.807) is 36.3 Å². The molecule has 1 fully saturated rings. The summed E-state index contributed by atoms with van der Waals surface area (Å²) in [7, 11) is 1.60. The predicted molar refractivity (Wildman–Crippen MR) is 95.3 cm³/mol. The number of carbonyl (C=O) groups is 2. The van der Waals surface area contributed by atoms with Gasteiger partial charge in [-0.2, -0.15) is 0 Å². The first-order valence-electron chi connectivity index (χ1n) is 8.08. The molecule has 4 rings (SSSR count). The number of carbonyl (C=O) groups excluding carboxylic acids is 2. The van der Waals surface area contributed by atoms with Gasteiger partial charge in [0.1, 0.15) is 5.75 Å². The number of benzene rings is 2. The summed E-state index contributed by atoms with van der Waals surface area (Å²) in [4.78, 5) is 27.2. The third-order valence-corrected chi connectivity index (χ3v) is 5.32. The number of fused-ring (bicyclic) bond motifs is 2. The lowest BCUT2D eigenvalue weighted by Crippen LogP contribution is -2.39. The number of nitrogens with one attached hydrogen (secondary N) is 1. The number of hydrogen-bond donors (Lipinski definition) is 1. The number of halogens is 1. The molecule has 0 saturated carbocycles. The Balaban J connectivity index is 1.65. The van der Waals surface area contributed by atoms with E-state index >= 15 is 0 Å². The average Bonchev–Trinajstić information content (AvgIpc) is 3.18. The summed E-state index contributed by atoms with van der Waals surface area (Å²) < 4.78 is 5.30. The minimum absolute atomic E-state index is 0.0536. The minimum atomic E-state index is -0.702. The van der Waals surface area contributed by atoms with Gasteiger partial charge < -0.3 is 15.0 Å². The molecule has 2 amide bonds. The molecular formula is C19H17ClN2O3. The SMILES string of the molecule is COc1ccc2c(c1)[C@]1(CCN(C(=O)c3ccc(Cl)cc3)C1)C(=O)N2. The van der Waals surface area contributed by atoms with Gasteiger partial charge in [0.2, 0.25) is 5.91 Å². The van der Waals surface area contributed by atoms with Gasteiger partial charge in [0.25, 0.3) is 5.91 Å². The van der Waals surface area contributed by atoms with Crippen molar-refractivity contribution in [1.82, 2.24) is 4.90 Å². The normalized spacial score (nSPS) is 21.4. The quantitative estimate of drug-likeness (QED) is 0.899. The van der Waals surface area contributed by atoms with Crippen LogP contribution in [-0.2, 0) is 10.2 Å². The summed E-state index contributed by atoms with van der Waals surface area (Å²) in [6, 6.07) is 12.4. The van der Waals surface area contributed by atoms with Crippen molar-refractivity contribution in [2.45, 2.75) is 11.8 Å². The van der Waals surface area contributed by atoms with Crippen LogP contribution in [0.15, 0.2) is 42.5 Å². The van der Waals surface area contributed by atoms with Crippen molar-refractivity contribution < 1.29 is 14.3 Å². The highest BCUT2D eigenvalue weighted by Gasteiger charge is 2.52. The highest BCUT2D eigenvalue weighted by Crippen LogP contribution is 2.45. The summed E-state index contributed by atoms with van der Waals surface area (Å²) in [6.45, 7) is 0.895. The Morgan fingerprint density at radius 3 is 2.72 bits per heavy atom. The van der Waals surface area contributed by atoms with E-state index < -0.39 is 5.41 Å². The molecule has 2 aromatic rings. The Kier molecular flexibility index (Phi) is 3.69. The van der Waals surface area contributed by atoms with Gasteiger partial charge in [-0.3, -0.25) is 9.59 Å². The highest BCUT2D eigenvalue weighted by atomic mass is 35.5. The molecule has 0 aromatic heterocycles. The molecule has 0 radical (unpaired) electrons. The molecule has 1 spiro atoms. The van der Waals surface area contributed by atoms with Crippen LogP contribution in [0.2, 0.25) is 5.02 Å². The van der Waals surface area contributed by atoms with Crippen LogP contribution < -0.4 is 10.1 Å².